The van der Waals surface area contributed by atoms with Gasteiger partial charge in [-0.2, -0.15) is 0 Å². The Kier molecular flexibility index (Phi) is 3.06. The Morgan fingerprint density at radius 3 is 2.82 bits per heavy atom. The smallest absolute Gasteiger partial charge is 0.328 e. The van der Waals surface area contributed by atoms with Gasteiger partial charge in [0.1, 0.15) is 5.76 Å². The maximum Gasteiger partial charge on any atom is 0.328 e. The highest BCUT2D eigenvalue weighted by Gasteiger charge is 2.38. The number of hydrogen-bond acceptors (Lipinski definition) is 4. The normalized spacial score (nSPS) is 20.8. The summed E-state index contributed by atoms with van der Waals surface area (Å²) in [6.07, 6.45) is -0.854. The molecule has 1 saturated heterocycles. The van der Waals surface area contributed by atoms with Gasteiger partial charge in [0, 0.05) is 18.5 Å². The van der Waals surface area contributed by atoms with E-state index in [1.54, 1.807) is 11.0 Å². The monoisotopic (exact) mass is 239 g/mol. The van der Waals surface area contributed by atoms with Crippen molar-refractivity contribution in [3.8, 4) is 0 Å². The van der Waals surface area contributed by atoms with Crippen molar-refractivity contribution >= 4 is 11.8 Å². The quantitative estimate of drug-likeness (QED) is 0.865. The minimum atomic E-state index is -0.854. The highest BCUT2D eigenvalue weighted by molar-refractivity contribution is 5.93. The summed E-state index contributed by atoms with van der Waals surface area (Å²) in [6.45, 7) is 6.70. The first-order valence-corrected chi connectivity index (χ1v) is 5.77. The second kappa shape index (κ2) is 4.37. The molecule has 6 heteroatoms. The number of anilines is 1. The van der Waals surface area contributed by atoms with Gasteiger partial charge in [-0.3, -0.25) is 0 Å². The molecule has 1 N–H and O–H groups in total. The lowest BCUT2D eigenvalue weighted by Crippen LogP contribution is -2.35. The number of nitrogens with zero attached hydrogens (tertiary/aromatic N) is 3. The lowest BCUT2D eigenvalue weighted by atomic mass is 10.1. The summed E-state index contributed by atoms with van der Waals surface area (Å²) in [5.74, 6) is 1.28. The number of carbonyl (C=O) groups excluding carboxylic acids is 1. The number of carbonyl (C=O) groups is 1. The zero-order chi connectivity index (χ0) is 12.6. The van der Waals surface area contributed by atoms with E-state index >= 15 is 0 Å². The van der Waals surface area contributed by atoms with Gasteiger partial charge >= 0.3 is 6.03 Å². The Labute approximate surface area is 99.8 Å². The highest BCUT2D eigenvalue weighted by Crippen LogP contribution is 2.26. The van der Waals surface area contributed by atoms with Crippen LogP contribution in [0, 0.1) is 0 Å². The number of amides is 2. The van der Waals surface area contributed by atoms with Crippen LogP contribution in [0.25, 0.3) is 0 Å². The molecule has 0 spiro atoms. The zero-order valence-electron chi connectivity index (χ0n) is 10.3. The van der Waals surface area contributed by atoms with E-state index in [0.717, 1.165) is 0 Å². The van der Waals surface area contributed by atoms with E-state index < -0.39 is 6.23 Å². The van der Waals surface area contributed by atoms with Crippen molar-refractivity contribution in [2.24, 2.45) is 0 Å². The standard InChI is InChI=1S/C11H17N3O3/c1-4-13-6-10(15)14(11(13)16)9-5-8(7(2)3)17-12-9/h5,7,10,15H,4,6H2,1-3H3. The van der Waals surface area contributed by atoms with Gasteiger partial charge in [0.15, 0.2) is 12.0 Å². The van der Waals surface area contributed by atoms with Gasteiger partial charge in [0.05, 0.1) is 6.54 Å². The lowest BCUT2D eigenvalue weighted by molar-refractivity contribution is 0.177. The fourth-order valence-corrected chi connectivity index (χ4v) is 1.82. The van der Waals surface area contributed by atoms with Gasteiger partial charge in [0.2, 0.25) is 0 Å². The lowest BCUT2D eigenvalue weighted by Gasteiger charge is -2.15. The molecule has 0 aliphatic carbocycles. The first-order valence-electron chi connectivity index (χ1n) is 5.77. The number of urea groups is 1. The Balaban J connectivity index is 2.24. The molecule has 0 bridgehead atoms. The first kappa shape index (κ1) is 11.9. The van der Waals surface area contributed by atoms with Gasteiger partial charge in [0.25, 0.3) is 0 Å². The number of hydrogen-bond donors (Lipinski definition) is 1. The highest BCUT2D eigenvalue weighted by atomic mass is 16.5. The number of aliphatic hydroxyl groups excluding tert-OH is 1. The maximum absolute atomic E-state index is 11.9. The average molecular weight is 239 g/mol. The van der Waals surface area contributed by atoms with E-state index in [1.807, 2.05) is 20.8 Å². The molecule has 1 atom stereocenters. The van der Waals surface area contributed by atoms with Gasteiger partial charge in [-0.1, -0.05) is 19.0 Å². The van der Waals surface area contributed by atoms with Gasteiger partial charge in [-0.15, -0.1) is 0 Å². The van der Waals surface area contributed by atoms with Crippen molar-refractivity contribution in [1.82, 2.24) is 10.1 Å². The number of aliphatic hydroxyl groups is 1. The van der Waals surface area contributed by atoms with Crippen molar-refractivity contribution in [2.45, 2.75) is 32.9 Å². The van der Waals surface area contributed by atoms with Crippen molar-refractivity contribution in [1.29, 1.82) is 0 Å². The topological polar surface area (TPSA) is 69.8 Å². The van der Waals surface area contributed by atoms with Crippen LogP contribution in [0.2, 0.25) is 0 Å². The molecule has 0 saturated carbocycles. The summed E-state index contributed by atoms with van der Waals surface area (Å²) < 4.78 is 5.13. The van der Waals surface area contributed by atoms with Crippen molar-refractivity contribution in [3.63, 3.8) is 0 Å². The summed E-state index contributed by atoms with van der Waals surface area (Å²) in [5, 5.41) is 13.7. The van der Waals surface area contributed by atoms with Gasteiger partial charge < -0.3 is 14.5 Å². The molecule has 94 valence electrons. The molecule has 6 nitrogen and oxygen atoms in total. The minimum Gasteiger partial charge on any atom is -0.371 e. The molecule has 0 aromatic carbocycles. The predicted molar refractivity (Wildman–Crippen MR) is 61.7 cm³/mol. The summed E-state index contributed by atoms with van der Waals surface area (Å²) >= 11 is 0. The number of aromatic nitrogens is 1. The third-order valence-electron chi connectivity index (χ3n) is 2.87. The van der Waals surface area contributed by atoms with Crippen molar-refractivity contribution in [2.75, 3.05) is 18.0 Å². The molecule has 2 heterocycles. The SMILES string of the molecule is CCN1CC(O)N(c2cc(C(C)C)on2)C1=O. The Hall–Kier alpha value is -1.56. The maximum atomic E-state index is 11.9. The summed E-state index contributed by atoms with van der Waals surface area (Å²) in [6, 6.07) is 1.47. The molecule has 1 aromatic heterocycles. The molecule has 0 radical (unpaired) electrons. The van der Waals surface area contributed by atoms with Crippen LogP contribution < -0.4 is 4.90 Å². The van der Waals surface area contributed by atoms with E-state index in [2.05, 4.69) is 5.16 Å². The summed E-state index contributed by atoms with van der Waals surface area (Å²) in [4.78, 5) is 14.8. The van der Waals surface area contributed by atoms with Crippen molar-refractivity contribution < 1.29 is 14.4 Å². The third-order valence-corrected chi connectivity index (χ3v) is 2.87. The molecule has 1 aliphatic heterocycles. The molecule has 2 amide bonds. The van der Waals surface area contributed by atoms with Crippen molar-refractivity contribution in [3.05, 3.63) is 11.8 Å². The second-order valence-electron chi connectivity index (χ2n) is 4.41. The van der Waals surface area contributed by atoms with Crippen LogP contribution in [-0.2, 0) is 0 Å². The minimum absolute atomic E-state index is 0.202. The summed E-state index contributed by atoms with van der Waals surface area (Å²) in [7, 11) is 0. The van der Waals surface area contributed by atoms with E-state index in [1.165, 1.54) is 4.90 Å². The first-order chi connectivity index (χ1) is 8.04. The molecular weight excluding hydrogens is 222 g/mol. The molecule has 1 unspecified atom stereocenters. The van der Waals surface area contributed by atoms with Gasteiger partial charge in [-0.05, 0) is 6.92 Å². The fraction of sp³-hybridized carbons (Fsp3) is 0.636. The van der Waals surface area contributed by atoms with Crippen LogP contribution in [0.4, 0.5) is 10.6 Å². The molecule has 17 heavy (non-hydrogen) atoms. The van der Waals surface area contributed by atoms with E-state index in [-0.39, 0.29) is 11.9 Å². The zero-order valence-corrected chi connectivity index (χ0v) is 10.3. The average Bonchev–Trinajstić information content (AvgIpc) is 2.83. The molecule has 1 aliphatic rings. The van der Waals surface area contributed by atoms with E-state index in [9.17, 15) is 9.90 Å². The Morgan fingerprint density at radius 1 is 1.65 bits per heavy atom. The molecule has 1 aromatic rings. The van der Waals surface area contributed by atoms with E-state index in [4.69, 9.17) is 4.52 Å². The molecule has 2 rings (SSSR count). The Bertz CT molecular complexity index is 416. The number of rotatable bonds is 3. The largest absolute Gasteiger partial charge is 0.371 e. The Morgan fingerprint density at radius 2 is 2.35 bits per heavy atom. The third kappa shape index (κ3) is 2.00. The molecule has 1 fully saturated rings. The van der Waals surface area contributed by atoms with Crippen LogP contribution in [0.3, 0.4) is 0 Å². The van der Waals surface area contributed by atoms with E-state index in [0.29, 0.717) is 24.7 Å². The predicted octanol–water partition coefficient (Wildman–Crippen LogP) is 1.38. The summed E-state index contributed by atoms with van der Waals surface area (Å²) in [5.41, 5.74) is 0. The van der Waals surface area contributed by atoms with Crippen LogP contribution in [0.5, 0.6) is 0 Å². The second-order valence-corrected chi connectivity index (χ2v) is 4.41. The van der Waals surface area contributed by atoms with Gasteiger partial charge in [-0.25, -0.2) is 9.69 Å². The van der Waals surface area contributed by atoms with Crippen LogP contribution in [-0.4, -0.2) is 40.5 Å². The number of likely N-dealkylation sites (N-methyl/N-ethyl adjacent to an activating group) is 1. The van der Waals surface area contributed by atoms with Crippen LogP contribution in [0.1, 0.15) is 32.4 Å². The van der Waals surface area contributed by atoms with Crippen LogP contribution in [0.15, 0.2) is 10.6 Å². The van der Waals surface area contributed by atoms with Crippen LogP contribution >= 0.6 is 0 Å². The fourth-order valence-electron chi connectivity index (χ4n) is 1.82. The molecular formula is C11H17N3O3. The number of β-amino-alcohol motifs (C(OH)–C–C–N with tert-alkyl or cyclic N) is 1.